The van der Waals surface area contributed by atoms with Crippen molar-refractivity contribution in [3.05, 3.63) is 34.6 Å². The third kappa shape index (κ3) is 2.65. The van der Waals surface area contributed by atoms with Gasteiger partial charge in [-0.25, -0.2) is 4.39 Å². The van der Waals surface area contributed by atoms with Gasteiger partial charge in [0.2, 0.25) is 0 Å². The van der Waals surface area contributed by atoms with E-state index in [0.717, 1.165) is 12.8 Å². The summed E-state index contributed by atoms with van der Waals surface area (Å²) in [5, 5.41) is 9.08. The fraction of sp³-hybridized carbons (Fsp3) is 0.462. The molecule has 1 aliphatic heterocycles. The number of nitrogens with zero attached hydrogens (tertiary/aromatic N) is 1. The van der Waals surface area contributed by atoms with E-state index in [0.29, 0.717) is 13.1 Å². The Morgan fingerprint density at radius 3 is 3.06 bits per heavy atom. The van der Waals surface area contributed by atoms with Crippen LogP contribution in [0.4, 0.5) is 4.39 Å². The number of benzene rings is 1. The quantitative estimate of drug-likeness (QED) is 0.897. The minimum absolute atomic E-state index is 0.00101. The molecule has 1 aromatic rings. The molecule has 18 heavy (non-hydrogen) atoms. The van der Waals surface area contributed by atoms with E-state index in [9.17, 15) is 9.18 Å². The minimum Gasteiger partial charge on any atom is -0.396 e. The number of hydrogen-bond donors (Lipinski definition) is 1. The molecular formula is C13H15ClFNO2. The zero-order chi connectivity index (χ0) is 13.1. The Kier molecular flexibility index (Phi) is 4.19. The molecule has 1 amide bonds. The first kappa shape index (κ1) is 13.3. The van der Waals surface area contributed by atoms with Gasteiger partial charge in [0, 0.05) is 19.7 Å². The number of carbonyl (C=O) groups excluding carboxylic acids is 1. The van der Waals surface area contributed by atoms with Gasteiger partial charge in [0.25, 0.3) is 5.91 Å². The van der Waals surface area contributed by atoms with Crippen LogP contribution in [0.15, 0.2) is 18.2 Å². The number of halogens is 2. The maximum Gasteiger partial charge on any atom is 0.256 e. The van der Waals surface area contributed by atoms with Crippen molar-refractivity contribution in [1.29, 1.82) is 0 Å². The largest absolute Gasteiger partial charge is 0.396 e. The Balaban J connectivity index is 2.18. The number of piperidine rings is 1. The molecule has 2 rings (SSSR count). The number of amides is 1. The smallest absolute Gasteiger partial charge is 0.256 e. The van der Waals surface area contributed by atoms with Crippen molar-refractivity contribution in [3.63, 3.8) is 0 Å². The second kappa shape index (κ2) is 5.67. The van der Waals surface area contributed by atoms with Crippen LogP contribution in [0, 0.1) is 11.7 Å². The van der Waals surface area contributed by atoms with E-state index in [1.807, 2.05) is 0 Å². The molecule has 1 aromatic carbocycles. The maximum absolute atomic E-state index is 13.8. The summed E-state index contributed by atoms with van der Waals surface area (Å²) in [7, 11) is 0. The topological polar surface area (TPSA) is 40.5 Å². The third-order valence-corrected chi connectivity index (χ3v) is 3.54. The number of hydrogen-bond acceptors (Lipinski definition) is 2. The molecule has 0 aromatic heterocycles. The van der Waals surface area contributed by atoms with Crippen LogP contribution in [-0.2, 0) is 0 Å². The van der Waals surface area contributed by atoms with Gasteiger partial charge in [0.05, 0.1) is 10.6 Å². The number of carbonyl (C=O) groups is 1. The van der Waals surface area contributed by atoms with E-state index < -0.39 is 5.82 Å². The van der Waals surface area contributed by atoms with Crippen molar-refractivity contribution < 1.29 is 14.3 Å². The van der Waals surface area contributed by atoms with Gasteiger partial charge in [0.1, 0.15) is 0 Å². The molecule has 98 valence electrons. The first-order valence-electron chi connectivity index (χ1n) is 5.97. The number of rotatable bonds is 2. The van der Waals surface area contributed by atoms with Gasteiger partial charge in [0.15, 0.2) is 5.82 Å². The predicted molar refractivity (Wildman–Crippen MR) is 67.1 cm³/mol. The van der Waals surface area contributed by atoms with E-state index in [2.05, 4.69) is 0 Å². The van der Waals surface area contributed by atoms with E-state index in [1.54, 1.807) is 11.0 Å². The predicted octanol–water partition coefficient (Wildman–Crippen LogP) is 2.32. The molecule has 1 atom stereocenters. The monoisotopic (exact) mass is 271 g/mol. The lowest BCUT2D eigenvalue weighted by atomic mass is 9.98. The Labute approximate surface area is 110 Å². The van der Waals surface area contributed by atoms with Gasteiger partial charge in [-0.1, -0.05) is 17.7 Å². The van der Waals surface area contributed by atoms with Gasteiger partial charge in [-0.05, 0) is 30.9 Å². The van der Waals surface area contributed by atoms with Crippen molar-refractivity contribution >= 4 is 17.5 Å². The van der Waals surface area contributed by atoms with Crippen LogP contribution in [0.25, 0.3) is 0 Å². The third-order valence-electron chi connectivity index (χ3n) is 3.25. The fourth-order valence-corrected chi connectivity index (χ4v) is 2.41. The zero-order valence-corrected chi connectivity index (χ0v) is 10.7. The van der Waals surface area contributed by atoms with Crippen LogP contribution in [0.3, 0.4) is 0 Å². The van der Waals surface area contributed by atoms with Crippen LogP contribution in [-0.4, -0.2) is 35.6 Å². The summed E-state index contributed by atoms with van der Waals surface area (Å²) in [6, 6.07) is 4.42. The van der Waals surface area contributed by atoms with E-state index in [1.165, 1.54) is 12.1 Å². The minimum atomic E-state index is -0.671. The highest BCUT2D eigenvalue weighted by molar-refractivity contribution is 6.31. The normalized spacial score (nSPS) is 19.9. The molecular weight excluding hydrogens is 257 g/mol. The Morgan fingerprint density at radius 2 is 2.33 bits per heavy atom. The average Bonchev–Trinajstić information content (AvgIpc) is 2.41. The highest BCUT2D eigenvalue weighted by Gasteiger charge is 2.26. The summed E-state index contributed by atoms with van der Waals surface area (Å²) >= 11 is 5.67. The standard InChI is InChI=1S/C13H15ClFNO2/c14-11-5-1-4-10(12(11)15)13(18)16-6-2-3-9(7-16)8-17/h1,4-5,9,17H,2-3,6-8H2. The van der Waals surface area contributed by atoms with Crippen molar-refractivity contribution in [2.24, 2.45) is 5.92 Å². The summed E-state index contributed by atoms with van der Waals surface area (Å²) < 4.78 is 13.8. The van der Waals surface area contributed by atoms with Crippen LogP contribution in [0.5, 0.6) is 0 Å². The fourth-order valence-electron chi connectivity index (χ4n) is 2.24. The molecule has 1 N–H and O–H groups in total. The zero-order valence-electron chi connectivity index (χ0n) is 9.90. The SMILES string of the molecule is O=C(c1cccc(Cl)c1F)N1CCCC(CO)C1. The van der Waals surface area contributed by atoms with Crippen LogP contribution in [0.2, 0.25) is 5.02 Å². The molecule has 1 aliphatic rings. The molecule has 0 radical (unpaired) electrons. The van der Waals surface area contributed by atoms with Crippen molar-refractivity contribution in [3.8, 4) is 0 Å². The Morgan fingerprint density at radius 1 is 1.56 bits per heavy atom. The molecule has 3 nitrogen and oxygen atoms in total. The van der Waals surface area contributed by atoms with Crippen molar-refractivity contribution in [1.82, 2.24) is 4.90 Å². The summed E-state index contributed by atoms with van der Waals surface area (Å²) in [6.07, 6.45) is 1.73. The second-order valence-electron chi connectivity index (χ2n) is 4.54. The summed E-state index contributed by atoms with van der Waals surface area (Å²) in [4.78, 5) is 13.8. The first-order valence-corrected chi connectivity index (χ1v) is 6.35. The van der Waals surface area contributed by atoms with Gasteiger partial charge in [-0.15, -0.1) is 0 Å². The second-order valence-corrected chi connectivity index (χ2v) is 4.95. The van der Waals surface area contributed by atoms with Crippen LogP contribution >= 0.6 is 11.6 Å². The number of aliphatic hydroxyl groups excluding tert-OH is 1. The van der Waals surface area contributed by atoms with Crippen LogP contribution in [0.1, 0.15) is 23.2 Å². The molecule has 0 bridgehead atoms. The molecule has 0 saturated carbocycles. The molecule has 5 heteroatoms. The average molecular weight is 272 g/mol. The molecule has 1 unspecified atom stereocenters. The summed E-state index contributed by atoms with van der Waals surface area (Å²) in [5.41, 5.74) is 0.00101. The summed E-state index contributed by atoms with van der Waals surface area (Å²) in [5.74, 6) is -0.937. The molecule has 1 fully saturated rings. The molecule has 1 saturated heterocycles. The van der Waals surface area contributed by atoms with E-state index in [-0.39, 0.29) is 29.0 Å². The maximum atomic E-state index is 13.8. The van der Waals surface area contributed by atoms with E-state index >= 15 is 0 Å². The molecule has 0 aliphatic carbocycles. The lowest BCUT2D eigenvalue weighted by molar-refractivity contribution is 0.0616. The lowest BCUT2D eigenvalue weighted by Gasteiger charge is -2.32. The van der Waals surface area contributed by atoms with Crippen LogP contribution < -0.4 is 0 Å². The molecule has 0 spiro atoms. The number of likely N-dealkylation sites (tertiary alicyclic amines) is 1. The van der Waals surface area contributed by atoms with Gasteiger partial charge >= 0.3 is 0 Å². The highest BCUT2D eigenvalue weighted by Crippen LogP contribution is 2.22. The first-order chi connectivity index (χ1) is 8.63. The van der Waals surface area contributed by atoms with Crippen molar-refractivity contribution in [2.45, 2.75) is 12.8 Å². The molecule has 1 heterocycles. The Bertz CT molecular complexity index is 453. The van der Waals surface area contributed by atoms with E-state index in [4.69, 9.17) is 16.7 Å². The highest BCUT2D eigenvalue weighted by atomic mass is 35.5. The van der Waals surface area contributed by atoms with Gasteiger partial charge in [-0.3, -0.25) is 4.79 Å². The van der Waals surface area contributed by atoms with Gasteiger partial charge < -0.3 is 10.0 Å². The Hall–Kier alpha value is -1.13. The van der Waals surface area contributed by atoms with Crippen molar-refractivity contribution in [2.75, 3.05) is 19.7 Å². The number of aliphatic hydroxyl groups is 1. The summed E-state index contributed by atoms with van der Waals surface area (Å²) in [6.45, 7) is 1.13. The van der Waals surface area contributed by atoms with Gasteiger partial charge in [-0.2, -0.15) is 0 Å². The lowest BCUT2D eigenvalue weighted by Crippen LogP contribution is -2.41.